The molecule has 206 valence electrons. The number of anilines is 1. The van der Waals surface area contributed by atoms with E-state index in [1.165, 1.54) is 12.1 Å². The number of para-hydroxylation sites is 1. The number of nitrogens with one attached hydrogen (secondary N) is 1. The number of carbonyl (C=O) groups is 2. The highest BCUT2D eigenvalue weighted by atomic mass is 19.1. The smallest absolute Gasteiger partial charge is 0.258 e. The lowest BCUT2D eigenvalue weighted by atomic mass is 9.94. The van der Waals surface area contributed by atoms with E-state index < -0.39 is 0 Å². The summed E-state index contributed by atoms with van der Waals surface area (Å²) in [4.78, 5) is 29.1. The second kappa shape index (κ2) is 12.3. The van der Waals surface area contributed by atoms with Crippen LogP contribution in [0.25, 0.3) is 22.4 Å². The average Bonchev–Trinajstić information content (AvgIpc) is 3.33. The lowest BCUT2D eigenvalue weighted by Crippen LogP contribution is -2.41. The van der Waals surface area contributed by atoms with E-state index in [-0.39, 0.29) is 30.0 Å². The van der Waals surface area contributed by atoms with Gasteiger partial charge in [-0.25, -0.2) is 4.39 Å². The molecule has 0 bridgehead atoms. The van der Waals surface area contributed by atoms with Crippen molar-refractivity contribution in [3.05, 3.63) is 102 Å². The van der Waals surface area contributed by atoms with E-state index in [2.05, 4.69) is 23.7 Å². The van der Waals surface area contributed by atoms with E-state index in [4.69, 9.17) is 4.74 Å². The van der Waals surface area contributed by atoms with Gasteiger partial charge in [-0.2, -0.15) is 0 Å². The minimum absolute atomic E-state index is 0.0355. The zero-order chi connectivity index (χ0) is 28.1. The molecule has 4 aromatic rings. The molecule has 1 aromatic heterocycles. The van der Waals surface area contributed by atoms with E-state index in [1.54, 1.807) is 12.1 Å². The van der Waals surface area contributed by atoms with Crippen molar-refractivity contribution in [1.29, 1.82) is 0 Å². The molecule has 0 spiro atoms. The van der Waals surface area contributed by atoms with Gasteiger partial charge in [0.05, 0.1) is 24.5 Å². The zero-order valence-corrected chi connectivity index (χ0v) is 22.9. The predicted octanol–water partition coefficient (Wildman–Crippen LogP) is 6.59. The molecule has 1 aliphatic heterocycles. The second-order valence-corrected chi connectivity index (χ2v) is 10.2. The minimum atomic E-state index is -0.336. The van der Waals surface area contributed by atoms with Crippen molar-refractivity contribution in [3.63, 3.8) is 0 Å². The van der Waals surface area contributed by atoms with Crippen LogP contribution in [0.4, 0.5) is 10.1 Å². The summed E-state index contributed by atoms with van der Waals surface area (Å²) in [7, 11) is 0. The Bertz CT molecular complexity index is 1460. The van der Waals surface area contributed by atoms with Gasteiger partial charge < -0.3 is 19.5 Å². The number of amides is 2. The van der Waals surface area contributed by atoms with Gasteiger partial charge in [-0.05, 0) is 53.4 Å². The van der Waals surface area contributed by atoms with Crippen LogP contribution in [0, 0.1) is 5.82 Å². The third kappa shape index (κ3) is 5.84. The van der Waals surface area contributed by atoms with Crippen LogP contribution in [-0.2, 0) is 16.1 Å². The van der Waals surface area contributed by atoms with Gasteiger partial charge in [-0.1, -0.05) is 62.4 Å². The van der Waals surface area contributed by atoms with Crippen LogP contribution in [-0.4, -0.2) is 47.6 Å². The van der Waals surface area contributed by atoms with E-state index in [1.807, 2.05) is 65.6 Å². The van der Waals surface area contributed by atoms with Gasteiger partial charge >= 0.3 is 0 Å². The number of aromatic nitrogens is 1. The molecule has 1 fully saturated rings. The van der Waals surface area contributed by atoms with Crippen molar-refractivity contribution in [2.45, 2.75) is 32.7 Å². The van der Waals surface area contributed by atoms with Crippen LogP contribution in [0.15, 0.2) is 84.9 Å². The van der Waals surface area contributed by atoms with Crippen LogP contribution >= 0.6 is 0 Å². The van der Waals surface area contributed by atoms with Gasteiger partial charge in [0.2, 0.25) is 5.91 Å². The summed E-state index contributed by atoms with van der Waals surface area (Å²) in [6.07, 6.45) is 0.274. The molecule has 0 saturated carbocycles. The van der Waals surface area contributed by atoms with Gasteiger partial charge in [0.15, 0.2) is 0 Å². The van der Waals surface area contributed by atoms with E-state index >= 15 is 0 Å². The summed E-state index contributed by atoms with van der Waals surface area (Å²) in [5.41, 5.74) is 5.30. The highest BCUT2D eigenvalue weighted by Crippen LogP contribution is 2.42. The van der Waals surface area contributed by atoms with Gasteiger partial charge in [-0.15, -0.1) is 0 Å². The first kappa shape index (κ1) is 27.3. The zero-order valence-electron chi connectivity index (χ0n) is 22.9. The minimum Gasteiger partial charge on any atom is -0.378 e. The third-order valence-electron chi connectivity index (χ3n) is 7.20. The molecule has 1 saturated heterocycles. The van der Waals surface area contributed by atoms with Crippen LogP contribution in [0.1, 0.15) is 42.2 Å². The summed E-state index contributed by atoms with van der Waals surface area (Å²) in [5.74, 6) is -0.549. The Kier molecular flexibility index (Phi) is 8.41. The number of carbonyl (C=O) groups excluding carboxylic acids is 2. The number of hydrogen-bond acceptors (Lipinski definition) is 3. The molecule has 0 radical (unpaired) electrons. The molecule has 0 aliphatic carbocycles. The van der Waals surface area contributed by atoms with E-state index in [0.717, 1.165) is 28.1 Å². The maximum Gasteiger partial charge on any atom is 0.258 e. The van der Waals surface area contributed by atoms with Gasteiger partial charge in [0.1, 0.15) is 5.82 Å². The lowest BCUT2D eigenvalue weighted by molar-refractivity contribution is -0.135. The molecule has 0 unspecified atom stereocenters. The maximum absolute atomic E-state index is 14.1. The fraction of sp³-hybridized carbons (Fsp3) is 0.273. The Hall–Kier alpha value is -4.23. The van der Waals surface area contributed by atoms with Crippen molar-refractivity contribution >= 4 is 17.5 Å². The second-order valence-electron chi connectivity index (χ2n) is 10.2. The van der Waals surface area contributed by atoms with Crippen LogP contribution < -0.4 is 5.32 Å². The first-order valence-electron chi connectivity index (χ1n) is 13.7. The topological polar surface area (TPSA) is 63.6 Å². The largest absolute Gasteiger partial charge is 0.378 e. The predicted molar refractivity (Wildman–Crippen MR) is 156 cm³/mol. The lowest BCUT2D eigenvalue weighted by Gasteiger charge is -2.27. The Morgan fingerprint density at radius 3 is 2.12 bits per heavy atom. The van der Waals surface area contributed by atoms with Crippen molar-refractivity contribution in [1.82, 2.24) is 9.47 Å². The summed E-state index contributed by atoms with van der Waals surface area (Å²) in [6.45, 7) is 6.72. The molecule has 5 rings (SSSR count). The molecule has 1 aliphatic rings. The number of halogens is 1. The molecule has 6 nitrogen and oxygen atoms in total. The van der Waals surface area contributed by atoms with Crippen LogP contribution in [0.5, 0.6) is 0 Å². The summed E-state index contributed by atoms with van der Waals surface area (Å²) in [6, 6.07) is 25.5. The molecular weight excluding hydrogens is 505 g/mol. The molecule has 3 aromatic carbocycles. The van der Waals surface area contributed by atoms with Crippen molar-refractivity contribution < 1.29 is 18.7 Å². The van der Waals surface area contributed by atoms with E-state index in [0.29, 0.717) is 44.1 Å². The molecule has 40 heavy (non-hydrogen) atoms. The Balaban J connectivity index is 1.69. The summed E-state index contributed by atoms with van der Waals surface area (Å²) >= 11 is 0. The molecule has 0 atom stereocenters. The normalized spacial score (nSPS) is 13.4. The maximum atomic E-state index is 14.1. The standard InChI is InChI=1S/C33H34FN3O3/c1-23(2)31-30(33(39)35-27-11-7-4-8-12-27)29(24-9-5-3-6-10-24)32(25-13-15-26(34)16-14-25)37(31)18-17-28(38)36-19-21-40-22-20-36/h3-16,23H,17-22H2,1-2H3,(H,35,39). The molecule has 7 heteroatoms. The fourth-order valence-corrected chi connectivity index (χ4v) is 5.39. The van der Waals surface area contributed by atoms with Crippen molar-refractivity contribution in [3.8, 4) is 22.4 Å². The molecule has 2 heterocycles. The van der Waals surface area contributed by atoms with Crippen LogP contribution in [0.3, 0.4) is 0 Å². The average molecular weight is 540 g/mol. The third-order valence-corrected chi connectivity index (χ3v) is 7.20. The van der Waals surface area contributed by atoms with Crippen LogP contribution in [0.2, 0.25) is 0 Å². The summed E-state index contributed by atoms with van der Waals surface area (Å²) < 4.78 is 21.6. The van der Waals surface area contributed by atoms with E-state index in [9.17, 15) is 14.0 Å². The highest BCUT2D eigenvalue weighted by Gasteiger charge is 2.31. The van der Waals surface area contributed by atoms with Crippen molar-refractivity contribution in [2.24, 2.45) is 0 Å². The molecular formula is C33H34FN3O3. The number of ether oxygens (including phenoxy) is 1. The number of hydrogen-bond donors (Lipinski definition) is 1. The molecule has 2 amide bonds. The quantitative estimate of drug-likeness (QED) is 0.275. The summed E-state index contributed by atoms with van der Waals surface area (Å²) in [5, 5.41) is 3.08. The van der Waals surface area contributed by atoms with Gasteiger partial charge in [-0.3, -0.25) is 9.59 Å². The monoisotopic (exact) mass is 539 g/mol. The van der Waals surface area contributed by atoms with Gasteiger partial charge in [0.25, 0.3) is 5.91 Å². The molecule has 1 N–H and O–H groups in total. The number of nitrogens with zero attached hydrogens (tertiary/aromatic N) is 2. The number of rotatable bonds is 8. The SMILES string of the molecule is CC(C)c1c(C(=O)Nc2ccccc2)c(-c2ccccc2)c(-c2ccc(F)cc2)n1CCC(=O)N1CCOCC1. The Morgan fingerprint density at radius 2 is 1.50 bits per heavy atom. The Labute approximate surface area is 234 Å². The number of morpholine rings is 1. The number of benzene rings is 3. The Morgan fingerprint density at radius 1 is 0.875 bits per heavy atom. The highest BCUT2D eigenvalue weighted by molar-refractivity contribution is 6.12. The fourth-order valence-electron chi connectivity index (χ4n) is 5.39. The first-order chi connectivity index (χ1) is 19.4. The van der Waals surface area contributed by atoms with Gasteiger partial charge in [0, 0.05) is 43.0 Å². The first-order valence-corrected chi connectivity index (χ1v) is 13.7. The van der Waals surface area contributed by atoms with Crippen molar-refractivity contribution in [2.75, 3.05) is 31.6 Å².